The molecule has 3 atom stereocenters. The molecule has 3 heterocycles. The van der Waals surface area contributed by atoms with Crippen molar-refractivity contribution in [3.05, 3.63) is 88.0 Å². The zero-order chi connectivity index (χ0) is 37.6. The van der Waals surface area contributed by atoms with Crippen molar-refractivity contribution in [2.24, 2.45) is 27.9 Å². The summed E-state index contributed by atoms with van der Waals surface area (Å²) >= 11 is 0. The van der Waals surface area contributed by atoms with Crippen LogP contribution in [0, 0.1) is 5.82 Å². The van der Waals surface area contributed by atoms with E-state index in [1.54, 1.807) is 23.0 Å². The molecule has 0 aliphatic heterocycles. The quantitative estimate of drug-likeness (QED) is 0.0494. The Balaban J connectivity index is 1.31. The lowest BCUT2D eigenvalue weighted by Gasteiger charge is -2.18. The highest BCUT2D eigenvalue weighted by molar-refractivity contribution is 5.83. The monoisotopic (exact) mass is 726 g/mol. The van der Waals surface area contributed by atoms with Gasteiger partial charge in [-0.15, -0.1) is 18.3 Å². The molecule has 0 bridgehead atoms. The standard InChI is InChI=1S/C34H42F4N12O2/c1-19(40)4-3-5-21-12-27(30(35)29(13-21)52-34(36,37)38)28-14-23-16-50(33(51)46-31(23)45-28)26-8-6-22(7-9-26)20(2)43-11-10-24(44-32(41)42)17-49-18-25(15-39)47-48-49/h6-9,12-14,16,18-20,24,43H,3-5,10-11,15,17,39-40H2,1-2H3,(H4,41,42,44)(H,45,46,51)/t19-,20-,24-/m0/s1. The van der Waals surface area contributed by atoms with Crippen LogP contribution in [-0.2, 0) is 19.5 Å². The maximum atomic E-state index is 15.5. The molecule has 278 valence electrons. The third-order valence-electron chi connectivity index (χ3n) is 8.37. The van der Waals surface area contributed by atoms with Crippen LogP contribution in [0.1, 0.15) is 56.0 Å². The number of fused-ring (bicyclic) bond motifs is 1. The van der Waals surface area contributed by atoms with Crippen LogP contribution in [0.3, 0.4) is 0 Å². The van der Waals surface area contributed by atoms with Gasteiger partial charge in [-0.05, 0) is 87.5 Å². The number of alkyl halides is 3. The number of guanidine groups is 1. The van der Waals surface area contributed by atoms with Crippen LogP contribution in [0.15, 0.2) is 64.6 Å². The number of nitrogens with two attached hydrogens (primary N) is 4. The smallest absolute Gasteiger partial charge is 0.403 e. The number of nitrogens with zero attached hydrogens (tertiary/aromatic N) is 6. The van der Waals surface area contributed by atoms with E-state index in [2.05, 4.69) is 35.3 Å². The fourth-order valence-corrected chi connectivity index (χ4v) is 5.80. The number of halogens is 4. The normalized spacial score (nSPS) is 13.6. The Labute approximate surface area is 296 Å². The summed E-state index contributed by atoms with van der Waals surface area (Å²) in [5.74, 6) is -2.17. The molecular weight excluding hydrogens is 684 g/mol. The van der Waals surface area contributed by atoms with Gasteiger partial charge in [-0.2, -0.15) is 4.98 Å². The topological polar surface area (TPSA) is 219 Å². The lowest BCUT2D eigenvalue weighted by molar-refractivity contribution is -0.275. The van der Waals surface area contributed by atoms with Crippen LogP contribution in [-0.4, -0.2) is 60.5 Å². The molecule has 14 nitrogen and oxygen atoms in total. The van der Waals surface area contributed by atoms with Gasteiger partial charge in [0.25, 0.3) is 0 Å². The van der Waals surface area contributed by atoms with Gasteiger partial charge in [-0.1, -0.05) is 17.3 Å². The molecule has 0 aliphatic carbocycles. The maximum Gasteiger partial charge on any atom is 0.573 e. The van der Waals surface area contributed by atoms with E-state index in [9.17, 15) is 18.0 Å². The van der Waals surface area contributed by atoms with E-state index in [4.69, 9.17) is 22.9 Å². The molecule has 3 aromatic heterocycles. The number of aryl methyl sites for hydroxylation is 1. The number of rotatable bonds is 16. The summed E-state index contributed by atoms with van der Waals surface area (Å²) in [5, 5.41) is 11.9. The number of benzene rings is 2. The van der Waals surface area contributed by atoms with Gasteiger partial charge in [0.15, 0.2) is 17.5 Å². The second kappa shape index (κ2) is 16.3. The summed E-state index contributed by atoms with van der Waals surface area (Å²) in [4.78, 5) is 24.4. The summed E-state index contributed by atoms with van der Waals surface area (Å²) in [6, 6.07) is 10.9. The highest BCUT2D eigenvalue weighted by Crippen LogP contribution is 2.35. The zero-order valence-electron chi connectivity index (χ0n) is 28.7. The molecule has 0 saturated carbocycles. The second-order valence-corrected chi connectivity index (χ2v) is 12.7. The van der Waals surface area contributed by atoms with Crippen LogP contribution in [0.5, 0.6) is 5.75 Å². The fraction of sp³-hybridized carbons (Fsp3) is 0.382. The number of nitrogens with one attached hydrogen (secondary N) is 2. The summed E-state index contributed by atoms with van der Waals surface area (Å²) in [6.07, 6.45) is 0.364. The van der Waals surface area contributed by atoms with E-state index in [0.29, 0.717) is 61.1 Å². The molecule has 0 spiro atoms. The van der Waals surface area contributed by atoms with Crippen molar-refractivity contribution in [3.8, 4) is 22.7 Å². The third-order valence-corrected chi connectivity index (χ3v) is 8.37. The molecule has 10 N–H and O–H groups in total. The largest absolute Gasteiger partial charge is 0.573 e. The first-order valence-electron chi connectivity index (χ1n) is 16.7. The van der Waals surface area contributed by atoms with Crippen LogP contribution in [0.4, 0.5) is 17.6 Å². The molecule has 18 heteroatoms. The fourth-order valence-electron chi connectivity index (χ4n) is 5.80. The highest BCUT2D eigenvalue weighted by atomic mass is 19.4. The summed E-state index contributed by atoms with van der Waals surface area (Å²) in [5.41, 5.74) is 24.8. The van der Waals surface area contributed by atoms with Crippen LogP contribution >= 0.6 is 0 Å². The van der Waals surface area contributed by atoms with Gasteiger partial charge in [-0.3, -0.25) is 9.25 Å². The van der Waals surface area contributed by atoms with Crippen molar-refractivity contribution in [1.82, 2.24) is 34.8 Å². The van der Waals surface area contributed by atoms with Crippen molar-refractivity contribution < 1.29 is 22.3 Å². The third kappa shape index (κ3) is 9.92. The van der Waals surface area contributed by atoms with E-state index in [-0.39, 0.29) is 47.5 Å². The molecule has 2 aromatic carbocycles. The number of H-pyrrole nitrogens is 1. The van der Waals surface area contributed by atoms with E-state index in [1.165, 1.54) is 22.9 Å². The number of aromatic nitrogens is 6. The minimum atomic E-state index is -5.09. The molecule has 0 unspecified atom stereocenters. The Morgan fingerprint density at radius 2 is 1.85 bits per heavy atom. The average Bonchev–Trinajstić information content (AvgIpc) is 3.71. The molecular formula is C34H42F4N12O2. The van der Waals surface area contributed by atoms with Gasteiger partial charge in [0, 0.05) is 42.0 Å². The minimum absolute atomic E-state index is 0.0265. The Bertz CT molecular complexity index is 2050. The molecule has 5 aromatic rings. The first-order valence-corrected chi connectivity index (χ1v) is 16.7. The average molecular weight is 727 g/mol. The summed E-state index contributed by atoms with van der Waals surface area (Å²) in [7, 11) is 0. The molecule has 0 amide bonds. The summed E-state index contributed by atoms with van der Waals surface area (Å²) < 4.78 is 61.9. The van der Waals surface area contributed by atoms with Gasteiger partial charge in [0.1, 0.15) is 5.65 Å². The zero-order valence-corrected chi connectivity index (χ0v) is 28.7. The second-order valence-electron chi connectivity index (χ2n) is 12.7. The summed E-state index contributed by atoms with van der Waals surface area (Å²) in [6.45, 7) is 5.10. The van der Waals surface area contributed by atoms with Gasteiger partial charge < -0.3 is 38.0 Å². The SMILES string of the molecule is C[C@H](N)CCCc1cc(OC(F)(F)F)c(F)c(-c2cc3cn(-c4ccc([C@H](C)NCC[C@@H](Cn5cc(CN)nn5)N=C(N)N)cc4)c(=O)nc3[nH]2)c1. The van der Waals surface area contributed by atoms with Crippen LogP contribution in [0.2, 0.25) is 0 Å². The lowest BCUT2D eigenvalue weighted by Crippen LogP contribution is -2.30. The van der Waals surface area contributed by atoms with Gasteiger partial charge in [0.2, 0.25) is 0 Å². The van der Waals surface area contributed by atoms with E-state index in [0.717, 1.165) is 11.6 Å². The Kier molecular flexibility index (Phi) is 11.9. The molecule has 5 rings (SSSR count). The minimum Gasteiger partial charge on any atom is -0.403 e. The maximum absolute atomic E-state index is 15.5. The van der Waals surface area contributed by atoms with Crippen LogP contribution in [0.25, 0.3) is 28.0 Å². The Hall–Kier alpha value is -5.33. The molecule has 0 radical (unpaired) electrons. The van der Waals surface area contributed by atoms with Gasteiger partial charge in [0.05, 0.1) is 29.7 Å². The number of hydrogen-bond acceptors (Lipinski definition) is 9. The highest BCUT2D eigenvalue weighted by Gasteiger charge is 2.33. The molecule has 0 aliphatic rings. The van der Waals surface area contributed by atoms with E-state index >= 15 is 4.39 Å². The van der Waals surface area contributed by atoms with Gasteiger partial charge >= 0.3 is 12.1 Å². The predicted molar refractivity (Wildman–Crippen MR) is 189 cm³/mol. The first kappa shape index (κ1) is 37.9. The van der Waals surface area contributed by atoms with Crippen LogP contribution < -0.4 is 38.7 Å². The molecule has 0 fully saturated rings. The van der Waals surface area contributed by atoms with Crippen molar-refractivity contribution in [1.29, 1.82) is 0 Å². The Morgan fingerprint density at radius 3 is 2.50 bits per heavy atom. The molecule has 0 saturated heterocycles. The first-order chi connectivity index (χ1) is 24.7. The predicted octanol–water partition coefficient (Wildman–Crippen LogP) is 3.52. The van der Waals surface area contributed by atoms with Crippen molar-refractivity contribution in [2.75, 3.05) is 6.54 Å². The lowest BCUT2D eigenvalue weighted by atomic mass is 10.0. The Morgan fingerprint density at radius 1 is 1.10 bits per heavy atom. The number of aromatic amines is 1. The van der Waals surface area contributed by atoms with E-state index in [1.807, 2.05) is 26.0 Å². The number of ether oxygens (including phenoxy) is 1. The number of aliphatic imine (C=N–C) groups is 1. The van der Waals surface area contributed by atoms with Gasteiger partial charge in [-0.25, -0.2) is 14.2 Å². The van der Waals surface area contributed by atoms with Crippen molar-refractivity contribution in [2.45, 2.75) is 77.1 Å². The van der Waals surface area contributed by atoms with Crippen molar-refractivity contribution in [3.63, 3.8) is 0 Å². The van der Waals surface area contributed by atoms with Crippen molar-refractivity contribution >= 4 is 17.0 Å². The van der Waals surface area contributed by atoms with E-state index < -0.39 is 23.6 Å². The number of hydrogen-bond donors (Lipinski definition) is 6. The molecule has 52 heavy (non-hydrogen) atoms.